The number of anilines is 1. The minimum atomic E-state index is -0.198. The lowest BCUT2D eigenvalue weighted by atomic mass is 10.2. The summed E-state index contributed by atoms with van der Waals surface area (Å²) in [4.78, 5) is 19.0. The van der Waals surface area contributed by atoms with Crippen LogP contribution in [0.1, 0.15) is 31.7 Å². The van der Waals surface area contributed by atoms with Gasteiger partial charge in [-0.2, -0.15) is 0 Å². The number of aromatic nitrogens is 3. The summed E-state index contributed by atoms with van der Waals surface area (Å²) in [7, 11) is 0. The Morgan fingerprint density at radius 1 is 1.45 bits per heavy atom. The third-order valence-electron chi connectivity index (χ3n) is 3.78. The number of aromatic amines is 1. The summed E-state index contributed by atoms with van der Waals surface area (Å²) in [5, 5.41) is 7.57. The van der Waals surface area contributed by atoms with Crippen molar-refractivity contribution >= 4 is 23.4 Å². The predicted octanol–water partition coefficient (Wildman–Crippen LogP) is 2.83. The van der Waals surface area contributed by atoms with Gasteiger partial charge in [-0.05, 0) is 31.4 Å². The van der Waals surface area contributed by atoms with Crippen molar-refractivity contribution in [1.29, 1.82) is 0 Å². The number of thioether (sulfide) groups is 1. The summed E-state index contributed by atoms with van der Waals surface area (Å²) in [6, 6.07) is 8.11. The molecule has 1 unspecified atom stereocenters. The van der Waals surface area contributed by atoms with Crippen molar-refractivity contribution < 1.29 is 4.79 Å². The molecule has 1 aromatic carbocycles. The maximum absolute atomic E-state index is 12.7. The smallest absolute Gasteiger partial charge is 0.240 e. The van der Waals surface area contributed by atoms with Crippen LogP contribution in [0.2, 0.25) is 0 Å². The second-order valence-corrected chi connectivity index (χ2v) is 6.75. The van der Waals surface area contributed by atoms with E-state index in [1.165, 1.54) is 17.3 Å². The number of aryl methyl sites for hydroxylation is 1. The summed E-state index contributed by atoms with van der Waals surface area (Å²) >= 11 is 1.42. The molecule has 1 atom stereocenters. The molecule has 0 bridgehead atoms. The Labute approximate surface area is 134 Å². The van der Waals surface area contributed by atoms with Gasteiger partial charge < -0.3 is 4.90 Å². The number of para-hydroxylation sites is 1. The molecule has 0 saturated carbocycles. The Morgan fingerprint density at radius 2 is 2.27 bits per heavy atom. The number of carbonyl (C=O) groups is 1. The summed E-state index contributed by atoms with van der Waals surface area (Å²) in [5.74, 6) is 1.01. The van der Waals surface area contributed by atoms with Crippen LogP contribution in [-0.2, 0) is 17.6 Å². The highest BCUT2D eigenvalue weighted by molar-refractivity contribution is 8.00. The van der Waals surface area contributed by atoms with Gasteiger partial charge in [-0.1, -0.05) is 36.9 Å². The molecule has 5 nitrogen and oxygen atoms in total. The zero-order chi connectivity index (χ0) is 15.5. The molecule has 22 heavy (non-hydrogen) atoms. The van der Waals surface area contributed by atoms with Gasteiger partial charge in [0.1, 0.15) is 5.82 Å². The third kappa shape index (κ3) is 3.02. The molecule has 0 radical (unpaired) electrons. The van der Waals surface area contributed by atoms with Gasteiger partial charge in [0.2, 0.25) is 11.1 Å². The van der Waals surface area contributed by atoms with E-state index in [0.717, 1.165) is 37.3 Å². The topological polar surface area (TPSA) is 61.9 Å². The molecular weight excluding hydrogens is 296 g/mol. The molecular formula is C16H20N4OS. The summed E-state index contributed by atoms with van der Waals surface area (Å²) in [6.07, 6.45) is 2.84. The van der Waals surface area contributed by atoms with Crippen LogP contribution >= 0.6 is 11.8 Å². The van der Waals surface area contributed by atoms with Crippen molar-refractivity contribution in [1.82, 2.24) is 15.2 Å². The molecule has 2 aromatic rings. The Hall–Kier alpha value is -1.82. The van der Waals surface area contributed by atoms with E-state index in [1.807, 2.05) is 30.0 Å². The van der Waals surface area contributed by atoms with Crippen molar-refractivity contribution in [3.05, 3.63) is 35.7 Å². The first-order valence-electron chi connectivity index (χ1n) is 7.66. The van der Waals surface area contributed by atoms with Crippen molar-refractivity contribution in [3.63, 3.8) is 0 Å². The van der Waals surface area contributed by atoms with E-state index >= 15 is 0 Å². The van der Waals surface area contributed by atoms with Crippen LogP contribution in [0.15, 0.2) is 29.4 Å². The van der Waals surface area contributed by atoms with Crippen LogP contribution in [0.5, 0.6) is 0 Å². The van der Waals surface area contributed by atoms with Crippen LogP contribution in [0, 0.1) is 0 Å². The van der Waals surface area contributed by atoms with E-state index in [1.54, 1.807) is 0 Å². The highest BCUT2D eigenvalue weighted by atomic mass is 32.2. The first kappa shape index (κ1) is 15.1. The Bertz CT molecular complexity index is 670. The maximum atomic E-state index is 12.7. The van der Waals surface area contributed by atoms with Crippen LogP contribution in [0.4, 0.5) is 5.69 Å². The van der Waals surface area contributed by atoms with Gasteiger partial charge in [-0.15, -0.1) is 5.10 Å². The predicted molar refractivity (Wildman–Crippen MR) is 88.2 cm³/mol. The first-order valence-corrected chi connectivity index (χ1v) is 8.54. The van der Waals surface area contributed by atoms with E-state index < -0.39 is 0 Å². The molecule has 1 aliphatic rings. The number of rotatable bonds is 5. The molecule has 0 aliphatic carbocycles. The van der Waals surface area contributed by atoms with Crippen LogP contribution < -0.4 is 4.90 Å². The Balaban J connectivity index is 1.67. The average Bonchev–Trinajstić information content (AvgIpc) is 3.13. The Kier molecular flexibility index (Phi) is 4.47. The van der Waals surface area contributed by atoms with Crippen LogP contribution in [-0.4, -0.2) is 32.9 Å². The van der Waals surface area contributed by atoms with Crippen molar-refractivity contribution in [3.8, 4) is 0 Å². The van der Waals surface area contributed by atoms with Gasteiger partial charge >= 0.3 is 0 Å². The van der Waals surface area contributed by atoms with Crippen molar-refractivity contribution in [2.45, 2.75) is 43.5 Å². The molecule has 1 amide bonds. The Morgan fingerprint density at radius 3 is 3.09 bits per heavy atom. The lowest BCUT2D eigenvalue weighted by Gasteiger charge is -2.20. The van der Waals surface area contributed by atoms with E-state index in [4.69, 9.17) is 0 Å². The zero-order valence-corrected chi connectivity index (χ0v) is 13.7. The van der Waals surface area contributed by atoms with E-state index in [2.05, 4.69) is 28.2 Å². The fourth-order valence-corrected chi connectivity index (χ4v) is 3.48. The molecule has 1 N–H and O–H groups in total. The average molecular weight is 316 g/mol. The molecule has 1 aromatic heterocycles. The number of nitrogens with zero attached hydrogens (tertiary/aromatic N) is 3. The van der Waals surface area contributed by atoms with Crippen LogP contribution in [0.25, 0.3) is 0 Å². The minimum absolute atomic E-state index is 0.122. The lowest BCUT2D eigenvalue weighted by molar-refractivity contribution is -0.117. The number of amides is 1. The fourth-order valence-electron chi connectivity index (χ4n) is 2.67. The normalized spacial score (nSPS) is 14.9. The van der Waals surface area contributed by atoms with Crippen molar-refractivity contribution in [2.75, 3.05) is 11.4 Å². The SMILES string of the molecule is CCCc1nc(SC(C)C(=O)N2CCc3ccccc32)n[nH]1. The summed E-state index contributed by atoms with van der Waals surface area (Å²) in [6.45, 7) is 4.79. The molecule has 116 valence electrons. The summed E-state index contributed by atoms with van der Waals surface area (Å²) < 4.78 is 0. The number of H-pyrrole nitrogens is 1. The maximum Gasteiger partial charge on any atom is 0.240 e. The standard InChI is InChI=1S/C16H20N4OS/c1-3-6-14-17-16(19-18-14)22-11(2)15(21)20-10-9-12-7-4-5-8-13(12)20/h4-5,7-8,11H,3,6,9-10H2,1-2H3,(H,17,18,19). The van der Waals surface area contributed by atoms with Gasteiger partial charge in [0.25, 0.3) is 0 Å². The zero-order valence-electron chi connectivity index (χ0n) is 12.9. The fraction of sp³-hybridized carbons (Fsp3) is 0.438. The highest BCUT2D eigenvalue weighted by Crippen LogP contribution is 2.30. The monoisotopic (exact) mass is 316 g/mol. The van der Waals surface area contributed by atoms with Crippen molar-refractivity contribution in [2.24, 2.45) is 0 Å². The third-order valence-corrected chi connectivity index (χ3v) is 4.73. The number of carbonyl (C=O) groups excluding carboxylic acids is 1. The molecule has 6 heteroatoms. The van der Waals surface area contributed by atoms with Gasteiger partial charge in [0, 0.05) is 18.7 Å². The van der Waals surface area contributed by atoms with Gasteiger partial charge in [0.15, 0.2) is 0 Å². The molecule has 1 aliphatic heterocycles. The summed E-state index contributed by atoms with van der Waals surface area (Å²) in [5.41, 5.74) is 2.29. The molecule has 0 saturated heterocycles. The van der Waals surface area contributed by atoms with Gasteiger partial charge in [-0.3, -0.25) is 9.89 Å². The number of fused-ring (bicyclic) bond motifs is 1. The van der Waals surface area contributed by atoms with E-state index in [-0.39, 0.29) is 11.2 Å². The second kappa shape index (κ2) is 6.52. The number of hydrogen-bond donors (Lipinski definition) is 1. The largest absolute Gasteiger partial charge is 0.311 e. The lowest BCUT2D eigenvalue weighted by Crippen LogP contribution is -2.35. The number of benzene rings is 1. The van der Waals surface area contributed by atoms with Gasteiger partial charge in [-0.25, -0.2) is 4.98 Å². The van der Waals surface area contributed by atoms with E-state index in [9.17, 15) is 4.79 Å². The highest BCUT2D eigenvalue weighted by Gasteiger charge is 2.28. The molecule has 3 rings (SSSR count). The van der Waals surface area contributed by atoms with E-state index in [0.29, 0.717) is 5.16 Å². The quantitative estimate of drug-likeness (QED) is 0.862. The van der Waals surface area contributed by atoms with Gasteiger partial charge in [0.05, 0.1) is 5.25 Å². The second-order valence-electron chi connectivity index (χ2n) is 5.44. The minimum Gasteiger partial charge on any atom is -0.311 e. The first-order chi connectivity index (χ1) is 10.7. The molecule has 2 heterocycles. The molecule has 0 fully saturated rings. The number of nitrogens with one attached hydrogen (secondary N) is 1. The molecule has 0 spiro atoms. The number of hydrogen-bond acceptors (Lipinski definition) is 4. The van der Waals surface area contributed by atoms with Crippen LogP contribution in [0.3, 0.4) is 0 Å².